The minimum absolute atomic E-state index is 0.0964. The van der Waals surface area contributed by atoms with E-state index in [4.69, 9.17) is 14.2 Å². The van der Waals surface area contributed by atoms with Gasteiger partial charge in [0, 0.05) is 24.2 Å². The Morgan fingerprint density at radius 2 is 1.92 bits per heavy atom. The van der Waals surface area contributed by atoms with Crippen molar-refractivity contribution in [1.82, 2.24) is 9.71 Å². The van der Waals surface area contributed by atoms with E-state index in [1.165, 1.54) is 12.1 Å². The first-order valence-corrected chi connectivity index (χ1v) is 9.48. The van der Waals surface area contributed by atoms with E-state index in [1.807, 2.05) is 30.3 Å². The molecule has 0 radical (unpaired) electrons. The number of benzene rings is 2. The smallest absolute Gasteiger partial charge is 0.240 e. The number of nitrogens with one attached hydrogen (secondary N) is 1. The summed E-state index contributed by atoms with van der Waals surface area (Å²) in [5.41, 5.74) is 0.744. The van der Waals surface area contributed by atoms with Crippen LogP contribution in [0.1, 0.15) is 0 Å². The van der Waals surface area contributed by atoms with Crippen molar-refractivity contribution >= 4 is 20.9 Å². The Morgan fingerprint density at radius 1 is 1.08 bits per heavy atom. The lowest BCUT2D eigenvalue weighted by Crippen LogP contribution is -2.28. The van der Waals surface area contributed by atoms with Gasteiger partial charge in [-0.25, -0.2) is 13.1 Å². The van der Waals surface area contributed by atoms with Crippen molar-refractivity contribution in [3.63, 3.8) is 0 Å². The number of ether oxygens (including phenoxy) is 3. The third-order valence-electron chi connectivity index (χ3n) is 3.90. The molecule has 2 heterocycles. The van der Waals surface area contributed by atoms with Crippen LogP contribution in [0.5, 0.6) is 17.2 Å². The number of sulfonamides is 1. The van der Waals surface area contributed by atoms with Crippen molar-refractivity contribution < 1.29 is 22.6 Å². The first kappa shape index (κ1) is 16.6. The highest BCUT2D eigenvalue weighted by Crippen LogP contribution is 2.33. The monoisotopic (exact) mass is 372 g/mol. The fourth-order valence-electron chi connectivity index (χ4n) is 2.66. The Bertz CT molecular complexity index is 1050. The Kier molecular flexibility index (Phi) is 4.36. The molecule has 0 aliphatic carbocycles. The van der Waals surface area contributed by atoms with Gasteiger partial charge in [-0.2, -0.15) is 0 Å². The van der Waals surface area contributed by atoms with Crippen LogP contribution in [0.25, 0.3) is 10.9 Å². The zero-order valence-corrected chi connectivity index (χ0v) is 14.5. The molecular weight excluding hydrogens is 356 g/mol. The van der Waals surface area contributed by atoms with E-state index in [0.717, 1.165) is 10.9 Å². The Morgan fingerprint density at radius 3 is 2.85 bits per heavy atom. The molecule has 1 aliphatic rings. The summed E-state index contributed by atoms with van der Waals surface area (Å²) < 4.78 is 43.4. The Balaban J connectivity index is 1.39. The van der Waals surface area contributed by atoms with Crippen molar-refractivity contribution in [3.8, 4) is 17.2 Å². The number of nitrogens with zero attached hydrogens (tertiary/aromatic N) is 1. The van der Waals surface area contributed by atoms with Gasteiger partial charge in [-0.3, -0.25) is 4.98 Å². The van der Waals surface area contributed by atoms with Crippen molar-refractivity contribution in [2.45, 2.75) is 4.90 Å². The second-order valence-electron chi connectivity index (χ2n) is 5.59. The third-order valence-corrected chi connectivity index (χ3v) is 5.36. The number of fused-ring (bicyclic) bond motifs is 2. The van der Waals surface area contributed by atoms with Crippen molar-refractivity contribution in [1.29, 1.82) is 0 Å². The molecule has 0 bridgehead atoms. The van der Waals surface area contributed by atoms with Gasteiger partial charge in [-0.1, -0.05) is 18.2 Å². The van der Waals surface area contributed by atoms with Crippen LogP contribution < -0.4 is 18.9 Å². The van der Waals surface area contributed by atoms with E-state index in [1.54, 1.807) is 12.3 Å². The molecule has 3 aromatic rings. The van der Waals surface area contributed by atoms with Gasteiger partial charge in [0.1, 0.15) is 17.9 Å². The van der Waals surface area contributed by atoms with E-state index >= 15 is 0 Å². The number of hydrogen-bond acceptors (Lipinski definition) is 6. The first-order chi connectivity index (χ1) is 12.6. The van der Waals surface area contributed by atoms with Gasteiger partial charge in [0.25, 0.3) is 0 Å². The minimum Gasteiger partial charge on any atom is -0.490 e. The topological polar surface area (TPSA) is 86.8 Å². The SMILES string of the molecule is O=S(=O)(NCCOc1cccc2cccnc12)c1ccc2c(c1)OCO2. The maximum Gasteiger partial charge on any atom is 0.240 e. The molecule has 0 unspecified atom stereocenters. The van der Waals surface area contributed by atoms with Gasteiger partial charge in [-0.15, -0.1) is 0 Å². The van der Waals surface area contributed by atoms with Crippen LogP contribution in [0.2, 0.25) is 0 Å². The molecule has 4 rings (SSSR count). The van der Waals surface area contributed by atoms with Crippen LogP contribution in [0, 0.1) is 0 Å². The number of hydrogen-bond donors (Lipinski definition) is 1. The van der Waals surface area contributed by atoms with Crippen LogP contribution >= 0.6 is 0 Å². The van der Waals surface area contributed by atoms with Gasteiger partial charge in [0.15, 0.2) is 11.5 Å². The molecule has 134 valence electrons. The van der Waals surface area contributed by atoms with Crippen LogP contribution in [-0.2, 0) is 10.0 Å². The van der Waals surface area contributed by atoms with E-state index in [-0.39, 0.29) is 24.8 Å². The highest BCUT2D eigenvalue weighted by molar-refractivity contribution is 7.89. The first-order valence-electron chi connectivity index (χ1n) is 7.99. The molecule has 26 heavy (non-hydrogen) atoms. The molecule has 1 N–H and O–H groups in total. The molecule has 0 atom stereocenters. The summed E-state index contributed by atoms with van der Waals surface area (Å²) in [7, 11) is -3.66. The van der Waals surface area contributed by atoms with E-state index < -0.39 is 10.0 Å². The number of rotatable bonds is 6. The van der Waals surface area contributed by atoms with E-state index in [2.05, 4.69) is 9.71 Å². The van der Waals surface area contributed by atoms with Crippen molar-refractivity contribution in [2.24, 2.45) is 0 Å². The summed E-state index contributed by atoms with van der Waals surface area (Å²) in [6.07, 6.45) is 1.69. The molecule has 8 heteroatoms. The van der Waals surface area contributed by atoms with Gasteiger partial charge >= 0.3 is 0 Å². The highest BCUT2D eigenvalue weighted by Gasteiger charge is 2.20. The molecule has 2 aromatic carbocycles. The normalized spacial score (nSPS) is 13.1. The number of para-hydroxylation sites is 1. The number of pyridine rings is 1. The second-order valence-corrected chi connectivity index (χ2v) is 7.36. The predicted molar refractivity (Wildman–Crippen MR) is 95.0 cm³/mol. The maximum absolute atomic E-state index is 12.4. The van der Waals surface area contributed by atoms with Crippen LogP contribution in [-0.4, -0.2) is 33.3 Å². The fraction of sp³-hybridized carbons (Fsp3) is 0.167. The molecule has 0 spiro atoms. The van der Waals surface area contributed by atoms with Crippen LogP contribution in [0.4, 0.5) is 0 Å². The van der Waals surface area contributed by atoms with Crippen molar-refractivity contribution in [3.05, 3.63) is 54.7 Å². The molecule has 0 fully saturated rings. The molecule has 1 aromatic heterocycles. The molecule has 0 amide bonds. The predicted octanol–water partition coefficient (Wildman–Crippen LogP) is 2.32. The summed E-state index contributed by atoms with van der Waals surface area (Å²) >= 11 is 0. The molecule has 0 saturated heterocycles. The quantitative estimate of drug-likeness (QED) is 0.668. The van der Waals surface area contributed by atoms with Crippen molar-refractivity contribution in [2.75, 3.05) is 19.9 Å². The summed E-state index contributed by atoms with van der Waals surface area (Å²) in [5, 5.41) is 0.964. The lowest BCUT2D eigenvalue weighted by atomic mass is 10.2. The number of aromatic nitrogens is 1. The van der Waals surface area contributed by atoms with Gasteiger partial charge in [-0.05, 0) is 24.3 Å². The van der Waals surface area contributed by atoms with E-state index in [9.17, 15) is 8.42 Å². The van der Waals surface area contributed by atoms with E-state index in [0.29, 0.717) is 17.2 Å². The average Bonchev–Trinajstić information content (AvgIpc) is 3.13. The summed E-state index contributed by atoms with van der Waals surface area (Å²) in [6, 6.07) is 13.9. The zero-order valence-electron chi connectivity index (χ0n) is 13.7. The van der Waals surface area contributed by atoms with Crippen LogP contribution in [0.3, 0.4) is 0 Å². The zero-order chi connectivity index (χ0) is 18.0. The second kappa shape index (κ2) is 6.81. The fourth-order valence-corrected chi connectivity index (χ4v) is 3.69. The lowest BCUT2D eigenvalue weighted by Gasteiger charge is -2.10. The lowest BCUT2D eigenvalue weighted by molar-refractivity contribution is 0.174. The third kappa shape index (κ3) is 3.29. The van der Waals surface area contributed by atoms with Crippen LogP contribution in [0.15, 0.2) is 59.6 Å². The average molecular weight is 372 g/mol. The molecular formula is C18H16N2O5S. The molecule has 1 aliphatic heterocycles. The highest BCUT2D eigenvalue weighted by atomic mass is 32.2. The summed E-state index contributed by atoms with van der Waals surface area (Å²) in [4.78, 5) is 4.42. The Hall–Kier alpha value is -2.84. The molecule has 7 nitrogen and oxygen atoms in total. The maximum atomic E-state index is 12.4. The standard InChI is InChI=1S/C18H16N2O5S/c21-26(22,14-6-7-15-17(11-14)25-12-24-15)20-9-10-23-16-5-1-3-13-4-2-8-19-18(13)16/h1-8,11,20H,9-10,12H2. The van der Waals surface area contributed by atoms with Gasteiger partial charge in [0.2, 0.25) is 16.8 Å². The minimum atomic E-state index is -3.66. The summed E-state index contributed by atoms with van der Waals surface area (Å²) in [5.74, 6) is 1.58. The van der Waals surface area contributed by atoms with Gasteiger partial charge < -0.3 is 14.2 Å². The summed E-state index contributed by atoms with van der Waals surface area (Å²) in [6.45, 7) is 0.401. The molecule has 0 saturated carbocycles. The largest absolute Gasteiger partial charge is 0.490 e. The van der Waals surface area contributed by atoms with Gasteiger partial charge in [0.05, 0.1) is 4.90 Å². The Labute approximate surface area is 150 Å².